The Labute approximate surface area is 160 Å². The molecule has 3 heteroatoms. The van der Waals surface area contributed by atoms with E-state index in [1.807, 2.05) is 60.7 Å². The highest BCUT2D eigenvalue weighted by Gasteiger charge is 2.40. The van der Waals surface area contributed by atoms with E-state index in [1.165, 1.54) is 38.5 Å². The topological polar surface area (TPSA) is 18.5 Å². The summed E-state index contributed by atoms with van der Waals surface area (Å²) in [5.41, 5.74) is 0. The van der Waals surface area contributed by atoms with Gasteiger partial charge >= 0.3 is 8.56 Å². The first kappa shape index (κ1) is 20.6. The molecule has 2 aromatic rings. The molecule has 0 amide bonds. The molecule has 0 aliphatic heterocycles. The predicted octanol–water partition coefficient (Wildman–Crippen LogP) is 7.36. The van der Waals surface area contributed by atoms with E-state index >= 15 is 0 Å². The molecular weight excluding hydrogens is 336 g/mol. The standard InChI is InChI=1S/C23H34O2Si/c1-3-5-6-7-8-15-21-26(20-4-2,24-22-16-11-9-12-17-22)25-23-18-13-10-14-19-23/h9-14,16-19H,3-8,15,20-21H2,1-2H3. The lowest BCUT2D eigenvalue weighted by atomic mass is 10.1. The van der Waals surface area contributed by atoms with Gasteiger partial charge in [0.25, 0.3) is 0 Å². The second-order valence-corrected chi connectivity index (χ2v) is 10.2. The van der Waals surface area contributed by atoms with Crippen LogP contribution in [0.1, 0.15) is 58.8 Å². The fourth-order valence-electron chi connectivity index (χ4n) is 3.31. The third kappa shape index (κ3) is 7.25. The van der Waals surface area contributed by atoms with Crippen molar-refractivity contribution in [3.05, 3.63) is 60.7 Å². The van der Waals surface area contributed by atoms with Gasteiger partial charge in [-0.05, 0) is 30.7 Å². The van der Waals surface area contributed by atoms with Gasteiger partial charge in [-0.25, -0.2) is 0 Å². The van der Waals surface area contributed by atoms with Gasteiger partial charge in [0.15, 0.2) is 0 Å². The van der Waals surface area contributed by atoms with E-state index in [0.717, 1.165) is 30.0 Å². The Hall–Kier alpha value is -1.74. The fourth-order valence-corrected chi connectivity index (χ4v) is 6.69. The number of hydrogen-bond acceptors (Lipinski definition) is 2. The lowest BCUT2D eigenvalue weighted by molar-refractivity contribution is 0.372. The van der Waals surface area contributed by atoms with Gasteiger partial charge in [0.2, 0.25) is 0 Å². The van der Waals surface area contributed by atoms with Crippen LogP contribution in [0, 0.1) is 0 Å². The third-order valence-electron chi connectivity index (χ3n) is 4.64. The van der Waals surface area contributed by atoms with Crippen LogP contribution in [0.4, 0.5) is 0 Å². The minimum Gasteiger partial charge on any atom is -0.512 e. The van der Waals surface area contributed by atoms with Crippen molar-refractivity contribution in [1.29, 1.82) is 0 Å². The molecule has 0 N–H and O–H groups in total. The summed E-state index contributed by atoms with van der Waals surface area (Å²) in [5.74, 6) is 1.88. The number of rotatable bonds is 13. The summed E-state index contributed by atoms with van der Waals surface area (Å²) in [6, 6.07) is 22.5. The van der Waals surface area contributed by atoms with Crippen molar-refractivity contribution in [1.82, 2.24) is 0 Å². The lowest BCUT2D eigenvalue weighted by Gasteiger charge is -2.31. The van der Waals surface area contributed by atoms with Crippen LogP contribution in [0.5, 0.6) is 11.5 Å². The number of unbranched alkanes of at least 4 members (excludes halogenated alkanes) is 5. The Morgan fingerprint density at radius 1 is 0.577 bits per heavy atom. The highest BCUT2D eigenvalue weighted by atomic mass is 28.4. The molecule has 0 fully saturated rings. The van der Waals surface area contributed by atoms with Crippen LogP contribution in [-0.2, 0) is 0 Å². The molecule has 0 aliphatic rings. The smallest absolute Gasteiger partial charge is 0.460 e. The Bertz CT molecular complexity index is 544. The molecule has 2 nitrogen and oxygen atoms in total. The molecule has 0 atom stereocenters. The van der Waals surface area contributed by atoms with Gasteiger partial charge in [-0.2, -0.15) is 0 Å². The van der Waals surface area contributed by atoms with E-state index < -0.39 is 8.56 Å². The molecule has 0 radical (unpaired) electrons. The normalized spacial score (nSPS) is 11.3. The van der Waals surface area contributed by atoms with Crippen LogP contribution in [0.25, 0.3) is 0 Å². The molecule has 0 heterocycles. The summed E-state index contributed by atoms with van der Waals surface area (Å²) in [7, 11) is -2.35. The maximum absolute atomic E-state index is 6.59. The van der Waals surface area contributed by atoms with Crippen molar-refractivity contribution in [3.63, 3.8) is 0 Å². The van der Waals surface area contributed by atoms with Crippen LogP contribution < -0.4 is 8.85 Å². The van der Waals surface area contributed by atoms with Crippen molar-refractivity contribution >= 4 is 8.56 Å². The van der Waals surface area contributed by atoms with Gasteiger partial charge in [-0.3, -0.25) is 0 Å². The van der Waals surface area contributed by atoms with Gasteiger partial charge < -0.3 is 8.85 Å². The molecule has 0 bridgehead atoms. The molecular formula is C23H34O2Si. The lowest BCUT2D eigenvalue weighted by Crippen LogP contribution is -2.48. The van der Waals surface area contributed by atoms with Crippen LogP contribution in [0.15, 0.2) is 60.7 Å². The van der Waals surface area contributed by atoms with Crippen LogP contribution >= 0.6 is 0 Å². The Morgan fingerprint density at radius 3 is 1.58 bits per heavy atom. The highest BCUT2D eigenvalue weighted by Crippen LogP contribution is 2.29. The maximum atomic E-state index is 6.59. The first-order valence-electron chi connectivity index (χ1n) is 10.3. The first-order valence-corrected chi connectivity index (χ1v) is 12.5. The molecule has 0 unspecified atom stereocenters. The quantitative estimate of drug-likeness (QED) is 0.271. The van der Waals surface area contributed by atoms with Gasteiger partial charge in [0, 0.05) is 12.1 Å². The largest absolute Gasteiger partial charge is 0.512 e. The summed E-state index contributed by atoms with van der Waals surface area (Å²) < 4.78 is 13.2. The van der Waals surface area contributed by atoms with E-state index in [9.17, 15) is 0 Å². The molecule has 142 valence electrons. The molecule has 0 aromatic heterocycles. The summed E-state index contributed by atoms with van der Waals surface area (Å²) in [6.45, 7) is 4.49. The van der Waals surface area contributed by atoms with Gasteiger partial charge in [0.1, 0.15) is 11.5 Å². The zero-order valence-electron chi connectivity index (χ0n) is 16.5. The summed E-state index contributed by atoms with van der Waals surface area (Å²) in [5, 5.41) is 0. The third-order valence-corrected chi connectivity index (χ3v) is 8.23. The van der Waals surface area contributed by atoms with Crippen molar-refractivity contribution < 1.29 is 8.85 Å². The van der Waals surface area contributed by atoms with Crippen molar-refractivity contribution in [2.24, 2.45) is 0 Å². The van der Waals surface area contributed by atoms with Crippen molar-refractivity contribution in [3.8, 4) is 11.5 Å². The summed E-state index contributed by atoms with van der Waals surface area (Å²) in [6.07, 6.45) is 8.85. The van der Waals surface area contributed by atoms with E-state index in [4.69, 9.17) is 8.85 Å². The van der Waals surface area contributed by atoms with Crippen molar-refractivity contribution in [2.45, 2.75) is 70.9 Å². The van der Waals surface area contributed by atoms with Crippen LogP contribution in [0.2, 0.25) is 12.1 Å². The van der Waals surface area contributed by atoms with Crippen LogP contribution in [0.3, 0.4) is 0 Å². The Balaban J connectivity index is 2.08. The number of para-hydroxylation sites is 2. The molecule has 2 rings (SSSR count). The Morgan fingerprint density at radius 2 is 1.08 bits per heavy atom. The molecule has 26 heavy (non-hydrogen) atoms. The zero-order valence-corrected chi connectivity index (χ0v) is 17.5. The maximum Gasteiger partial charge on any atom is 0.460 e. The predicted molar refractivity (Wildman–Crippen MR) is 113 cm³/mol. The molecule has 2 aromatic carbocycles. The van der Waals surface area contributed by atoms with E-state index in [2.05, 4.69) is 13.8 Å². The van der Waals surface area contributed by atoms with Gasteiger partial charge in [-0.1, -0.05) is 88.8 Å². The van der Waals surface area contributed by atoms with E-state index in [0.29, 0.717) is 0 Å². The van der Waals surface area contributed by atoms with Gasteiger partial charge in [-0.15, -0.1) is 0 Å². The zero-order chi connectivity index (χ0) is 18.5. The van der Waals surface area contributed by atoms with Crippen molar-refractivity contribution in [2.75, 3.05) is 0 Å². The second kappa shape index (κ2) is 11.8. The Kier molecular flexibility index (Phi) is 9.33. The fraction of sp³-hybridized carbons (Fsp3) is 0.478. The number of hydrogen-bond donors (Lipinski definition) is 0. The molecule has 0 aliphatic carbocycles. The summed E-state index contributed by atoms with van der Waals surface area (Å²) >= 11 is 0. The molecule has 0 spiro atoms. The molecule has 0 saturated heterocycles. The second-order valence-electron chi connectivity index (χ2n) is 7.01. The van der Waals surface area contributed by atoms with E-state index in [-0.39, 0.29) is 0 Å². The first-order chi connectivity index (χ1) is 12.8. The number of benzene rings is 2. The minimum absolute atomic E-state index is 0.939. The minimum atomic E-state index is -2.35. The summed E-state index contributed by atoms with van der Waals surface area (Å²) in [4.78, 5) is 0. The SMILES string of the molecule is CCCCCCCC[Si](CCC)(Oc1ccccc1)Oc1ccccc1. The molecule has 0 saturated carbocycles. The highest BCUT2D eigenvalue weighted by molar-refractivity contribution is 6.68. The van der Waals surface area contributed by atoms with Crippen LogP contribution in [-0.4, -0.2) is 8.56 Å². The average molecular weight is 371 g/mol. The van der Waals surface area contributed by atoms with Gasteiger partial charge in [0.05, 0.1) is 0 Å². The average Bonchev–Trinajstić information content (AvgIpc) is 2.66. The monoisotopic (exact) mass is 370 g/mol. The van der Waals surface area contributed by atoms with E-state index in [1.54, 1.807) is 0 Å².